The van der Waals surface area contributed by atoms with E-state index in [1.807, 2.05) is 0 Å². The Labute approximate surface area is 113 Å². The number of hydrogen-bond donors (Lipinski definition) is 0. The number of carbonyl (C=O) groups excluding carboxylic acids is 3. The van der Waals surface area contributed by atoms with Crippen LogP contribution in [0.25, 0.3) is 0 Å². The van der Waals surface area contributed by atoms with E-state index >= 15 is 0 Å². The van der Waals surface area contributed by atoms with E-state index in [2.05, 4.69) is 0 Å². The number of carbonyl (C=O) groups is 3. The fourth-order valence-corrected chi connectivity index (χ4v) is 2.45. The molecule has 0 amide bonds. The molecule has 19 heavy (non-hydrogen) atoms. The third-order valence-corrected chi connectivity index (χ3v) is 3.45. The maximum Gasteiger partial charge on any atom is 0.323 e. The van der Waals surface area contributed by atoms with E-state index in [0.717, 1.165) is 0 Å². The minimum Gasteiger partial charge on any atom is -0.465 e. The van der Waals surface area contributed by atoms with Gasteiger partial charge in [0.2, 0.25) is 0 Å². The molecule has 0 radical (unpaired) electrons. The van der Waals surface area contributed by atoms with Gasteiger partial charge in [0.1, 0.15) is 5.78 Å². The molecule has 0 saturated heterocycles. The Bertz CT molecular complexity index is 316. The molecule has 108 valence electrons. The van der Waals surface area contributed by atoms with Crippen molar-refractivity contribution in [1.29, 1.82) is 0 Å². The van der Waals surface area contributed by atoms with Gasteiger partial charge >= 0.3 is 11.9 Å². The van der Waals surface area contributed by atoms with E-state index in [-0.39, 0.29) is 19.0 Å². The van der Waals surface area contributed by atoms with Crippen LogP contribution in [0.4, 0.5) is 0 Å². The standard InChI is InChI=1S/C14H22O5/c1-3-18-12(16)14(13(17)19-4-2)9-5-7-11(15)8-6-10-14/h3-10H2,1-2H3. The summed E-state index contributed by atoms with van der Waals surface area (Å²) in [5.41, 5.74) is -1.22. The van der Waals surface area contributed by atoms with Crippen LogP contribution >= 0.6 is 0 Å². The summed E-state index contributed by atoms with van der Waals surface area (Å²) in [6, 6.07) is 0. The summed E-state index contributed by atoms with van der Waals surface area (Å²) < 4.78 is 10.1. The van der Waals surface area contributed by atoms with Gasteiger partial charge in [-0.3, -0.25) is 14.4 Å². The molecule has 1 fully saturated rings. The Morgan fingerprint density at radius 2 is 1.42 bits per heavy atom. The van der Waals surface area contributed by atoms with Crippen LogP contribution < -0.4 is 0 Å². The molecule has 0 aromatic carbocycles. The Balaban J connectivity index is 2.92. The maximum atomic E-state index is 12.2. The Morgan fingerprint density at radius 3 is 1.79 bits per heavy atom. The second-order valence-corrected chi connectivity index (χ2v) is 4.77. The van der Waals surface area contributed by atoms with Gasteiger partial charge in [0, 0.05) is 12.8 Å². The molecule has 0 bridgehead atoms. The van der Waals surface area contributed by atoms with Gasteiger partial charge in [-0.15, -0.1) is 0 Å². The zero-order chi connectivity index (χ0) is 14.3. The fourth-order valence-electron chi connectivity index (χ4n) is 2.45. The first kappa shape index (κ1) is 15.7. The largest absolute Gasteiger partial charge is 0.465 e. The van der Waals surface area contributed by atoms with Crippen molar-refractivity contribution >= 4 is 17.7 Å². The van der Waals surface area contributed by atoms with Gasteiger partial charge in [0.15, 0.2) is 5.41 Å². The van der Waals surface area contributed by atoms with Crippen LogP contribution in [0.15, 0.2) is 0 Å². The molecule has 0 unspecified atom stereocenters. The first-order valence-corrected chi connectivity index (χ1v) is 6.93. The summed E-state index contributed by atoms with van der Waals surface area (Å²) in [5.74, 6) is -0.827. The minimum atomic E-state index is -1.22. The van der Waals surface area contributed by atoms with Crippen LogP contribution in [-0.4, -0.2) is 30.9 Å². The highest BCUT2D eigenvalue weighted by Gasteiger charge is 2.48. The van der Waals surface area contributed by atoms with Crippen molar-refractivity contribution < 1.29 is 23.9 Å². The molecule has 1 aliphatic carbocycles. The second kappa shape index (κ2) is 7.26. The van der Waals surface area contributed by atoms with Gasteiger partial charge < -0.3 is 9.47 Å². The van der Waals surface area contributed by atoms with E-state index in [9.17, 15) is 14.4 Å². The SMILES string of the molecule is CCOC(=O)C1(C(=O)OCC)CCCC(=O)CCC1. The molecule has 0 spiro atoms. The van der Waals surface area contributed by atoms with E-state index in [0.29, 0.717) is 38.5 Å². The van der Waals surface area contributed by atoms with E-state index in [4.69, 9.17) is 9.47 Å². The van der Waals surface area contributed by atoms with Crippen molar-refractivity contribution in [2.75, 3.05) is 13.2 Å². The molecular weight excluding hydrogens is 248 g/mol. The highest BCUT2D eigenvalue weighted by atomic mass is 16.6. The lowest BCUT2D eigenvalue weighted by molar-refractivity contribution is -0.174. The van der Waals surface area contributed by atoms with E-state index in [1.54, 1.807) is 13.8 Å². The van der Waals surface area contributed by atoms with Crippen LogP contribution in [0.5, 0.6) is 0 Å². The molecule has 1 aliphatic rings. The Morgan fingerprint density at radius 1 is 1.00 bits per heavy atom. The first-order valence-electron chi connectivity index (χ1n) is 6.93. The zero-order valence-electron chi connectivity index (χ0n) is 11.7. The zero-order valence-corrected chi connectivity index (χ0v) is 11.7. The summed E-state index contributed by atoms with van der Waals surface area (Å²) in [6.45, 7) is 3.89. The number of Topliss-reactive ketones (excluding diaryl/α,β-unsaturated/α-hetero) is 1. The second-order valence-electron chi connectivity index (χ2n) is 4.77. The molecule has 0 heterocycles. The minimum absolute atomic E-state index is 0.196. The number of ketones is 1. The molecule has 0 atom stereocenters. The molecule has 5 heteroatoms. The van der Waals surface area contributed by atoms with Crippen LogP contribution in [0.2, 0.25) is 0 Å². The van der Waals surface area contributed by atoms with Gasteiger partial charge in [-0.2, -0.15) is 0 Å². The molecule has 1 saturated carbocycles. The average molecular weight is 270 g/mol. The Hall–Kier alpha value is -1.39. The summed E-state index contributed by atoms with van der Waals surface area (Å²) >= 11 is 0. The molecule has 0 aliphatic heterocycles. The summed E-state index contributed by atoms with van der Waals surface area (Å²) in [4.78, 5) is 35.8. The van der Waals surface area contributed by atoms with Gasteiger partial charge in [-0.1, -0.05) is 0 Å². The number of esters is 2. The molecule has 0 aromatic rings. The highest BCUT2D eigenvalue weighted by Crippen LogP contribution is 2.36. The average Bonchev–Trinajstić information content (AvgIpc) is 2.34. The lowest BCUT2D eigenvalue weighted by Crippen LogP contribution is -2.43. The van der Waals surface area contributed by atoms with Gasteiger partial charge in [0.25, 0.3) is 0 Å². The van der Waals surface area contributed by atoms with Gasteiger partial charge in [-0.05, 0) is 39.5 Å². The summed E-state index contributed by atoms with van der Waals surface area (Å²) in [6.07, 6.45) is 2.54. The van der Waals surface area contributed by atoms with Crippen molar-refractivity contribution in [3.05, 3.63) is 0 Å². The Kier molecular flexibility index (Phi) is 5.99. The van der Waals surface area contributed by atoms with Crippen molar-refractivity contribution in [2.24, 2.45) is 5.41 Å². The van der Waals surface area contributed by atoms with Crippen LogP contribution in [0.3, 0.4) is 0 Å². The monoisotopic (exact) mass is 270 g/mol. The normalized spacial score (nSPS) is 19.2. The highest BCUT2D eigenvalue weighted by molar-refractivity contribution is 6.00. The molecule has 5 nitrogen and oxygen atoms in total. The van der Waals surface area contributed by atoms with Gasteiger partial charge in [-0.25, -0.2) is 0 Å². The smallest absolute Gasteiger partial charge is 0.323 e. The number of hydrogen-bond acceptors (Lipinski definition) is 5. The molecule has 0 aromatic heterocycles. The van der Waals surface area contributed by atoms with Crippen molar-refractivity contribution in [3.63, 3.8) is 0 Å². The van der Waals surface area contributed by atoms with E-state index < -0.39 is 17.4 Å². The van der Waals surface area contributed by atoms with Crippen molar-refractivity contribution in [1.82, 2.24) is 0 Å². The first-order chi connectivity index (χ1) is 9.06. The molecule has 0 N–H and O–H groups in total. The molecular formula is C14H22O5. The lowest BCUT2D eigenvalue weighted by Gasteiger charge is -2.30. The van der Waals surface area contributed by atoms with Crippen molar-refractivity contribution in [3.8, 4) is 0 Å². The summed E-state index contributed by atoms with van der Waals surface area (Å²) in [7, 11) is 0. The fraction of sp³-hybridized carbons (Fsp3) is 0.786. The molecule has 1 rings (SSSR count). The lowest BCUT2D eigenvalue weighted by atomic mass is 9.76. The maximum absolute atomic E-state index is 12.2. The van der Waals surface area contributed by atoms with E-state index in [1.165, 1.54) is 0 Å². The van der Waals surface area contributed by atoms with Crippen molar-refractivity contribution in [2.45, 2.75) is 52.4 Å². The third-order valence-electron chi connectivity index (χ3n) is 3.45. The predicted octanol–water partition coefficient (Wildman–Crippen LogP) is 2.02. The van der Waals surface area contributed by atoms with Crippen LogP contribution in [-0.2, 0) is 23.9 Å². The van der Waals surface area contributed by atoms with Crippen LogP contribution in [0.1, 0.15) is 52.4 Å². The third kappa shape index (κ3) is 3.78. The topological polar surface area (TPSA) is 69.7 Å². The van der Waals surface area contributed by atoms with Crippen LogP contribution in [0, 0.1) is 5.41 Å². The van der Waals surface area contributed by atoms with Gasteiger partial charge in [0.05, 0.1) is 13.2 Å². The number of ether oxygens (including phenoxy) is 2. The predicted molar refractivity (Wildman–Crippen MR) is 68.4 cm³/mol. The number of rotatable bonds is 4. The quantitative estimate of drug-likeness (QED) is 0.577. The summed E-state index contributed by atoms with van der Waals surface area (Å²) in [5, 5.41) is 0.